The smallest absolute Gasteiger partial charge is 0.0610 e. The summed E-state index contributed by atoms with van der Waals surface area (Å²) in [6.07, 6.45) is 1.94. The van der Waals surface area contributed by atoms with Gasteiger partial charge in [-0.05, 0) is 33.7 Å². The summed E-state index contributed by atoms with van der Waals surface area (Å²) in [5.74, 6) is 0. The Morgan fingerprint density at radius 3 is 2.58 bits per heavy atom. The maximum Gasteiger partial charge on any atom is 0.0610 e. The van der Waals surface area contributed by atoms with Gasteiger partial charge >= 0.3 is 0 Å². The lowest BCUT2D eigenvalue weighted by Gasteiger charge is -2.26. The van der Waals surface area contributed by atoms with Gasteiger partial charge in [-0.2, -0.15) is 0 Å². The Labute approximate surface area is 75.1 Å². The predicted octanol–water partition coefficient (Wildman–Crippen LogP) is 0.774. The highest BCUT2D eigenvalue weighted by Gasteiger charge is 2.19. The van der Waals surface area contributed by atoms with Crippen molar-refractivity contribution in [3.63, 3.8) is 0 Å². The van der Waals surface area contributed by atoms with Crippen molar-refractivity contribution < 1.29 is 9.84 Å². The van der Waals surface area contributed by atoms with Crippen LogP contribution in [0.2, 0.25) is 0 Å². The first-order chi connectivity index (χ1) is 5.68. The van der Waals surface area contributed by atoms with Gasteiger partial charge in [-0.25, -0.2) is 0 Å². The van der Waals surface area contributed by atoms with Crippen LogP contribution in [0.5, 0.6) is 0 Å². The number of likely N-dealkylation sites (N-methyl/N-ethyl adjacent to an activating group) is 1. The summed E-state index contributed by atoms with van der Waals surface area (Å²) in [6, 6.07) is 0. The summed E-state index contributed by atoms with van der Waals surface area (Å²) in [5, 5.41) is 12.1. The van der Waals surface area contributed by atoms with Crippen LogP contribution in [0.15, 0.2) is 0 Å². The van der Waals surface area contributed by atoms with Crippen molar-refractivity contribution in [1.29, 1.82) is 0 Å². The zero-order valence-electron chi connectivity index (χ0n) is 8.39. The standard InChI is InChI=1S/C9H21NO2/c1-4-12-7-5-6-9(2,8-11)10-3/h10-11H,4-8H2,1-3H3. The van der Waals surface area contributed by atoms with Crippen LogP contribution in [0.4, 0.5) is 0 Å². The van der Waals surface area contributed by atoms with Gasteiger partial charge in [0, 0.05) is 18.8 Å². The van der Waals surface area contributed by atoms with E-state index >= 15 is 0 Å². The van der Waals surface area contributed by atoms with Crippen LogP contribution in [-0.2, 0) is 4.74 Å². The molecule has 0 aromatic carbocycles. The third-order valence-electron chi connectivity index (χ3n) is 2.17. The number of ether oxygens (including phenoxy) is 1. The highest BCUT2D eigenvalue weighted by Crippen LogP contribution is 2.10. The van der Waals surface area contributed by atoms with E-state index in [0.717, 1.165) is 26.1 Å². The van der Waals surface area contributed by atoms with Gasteiger partial charge in [-0.15, -0.1) is 0 Å². The second-order valence-corrected chi connectivity index (χ2v) is 3.27. The molecule has 74 valence electrons. The van der Waals surface area contributed by atoms with Gasteiger partial charge in [0.1, 0.15) is 0 Å². The third-order valence-corrected chi connectivity index (χ3v) is 2.17. The van der Waals surface area contributed by atoms with Crippen LogP contribution >= 0.6 is 0 Å². The molecule has 3 heteroatoms. The number of aliphatic hydroxyl groups is 1. The largest absolute Gasteiger partial charge is 0.394 e. The molecule has 12 heavy (non-hydrogen) atoms. The van der Waals surface area contributed by atoms with Crippen molar-refractivity contribution in [3.05, 3.63) is 0 Å². The Morgan fingerprint density at radius 1 is 1.50 bits per heavy atom. The second-order valence-electron chi connectivity index (χ2n) is 3.27. The Kier molecular flexibility index (Phi) is 6.34. The van der Waals surface area contributed by atoms with E-state index in [1.807, 2.05) is 20.9 Å². The van der Waals surface area contributed by atoms with Gasteiger partial charge in [0.05, 0.1) is 6.61 Å². The first-order valence-electron chi connectivity index (χ1n) is 4.56. The molecule has 0 aromatic rings. The van der Waals surface area contributed by atoms with Crippen LogP contribution in [-0.4, -0.2) is 37.5 Å². The molecule has 0 heterocycles. The maximum absolute atomic E-state index is 9.04. The van der Waals surface area contributed by atoms with Crippen molar-refractivity contribution in [2.45, 2.75) is 32.2 Å². The molecule has 1 atom stereocenters. The molecular formula is C9H21NO2. The molecular weight excluding hydrogens is 154 g/mol. The molecule has 0 aliphatic rings. The molecule has 0 rings (SSSR count). The summed E-state index contributed by atoms with van der Waals surface area (Å²) in [4.78, 5) is 0. The van der Waals surface area contributed by atoms with Crippen LogP contribution in [0.3, 0.4) is 0 Å². The molecule has 0 aromatic heterocycles. The Balaban J connectivity index is 3.45. The molecule has 1 unspecified atom stereocenters. The summed E-state index contributed by atoms with van der Waals surface area (Å²) >= 11 is 0. The fourth-order valence-corrected chi connectivity index (χ4v) is 0.992. The molecule has 3 nitrogen and oxygen atoms in total. The van der Waals surface area contributed by atoms with E-state index in [-0.39, 0.29) is 12.1 Å². The monoisotopic (exact) mass is 175 g/mol. The average molecular weight is 175 g/mol. The highest BCUT2D eigenvalue weighted by molar-refractivity contribution is 4.79. The van der Waals surface area contributed by atoms with Crippen LogP contribution in [0.25, 0.3) is 0 Å². The SMILES string of the molecule is CCOCCCC(C)(CO)NC. The quantitative estimate of drug-likeness (QED) is 0.562. The number of rotatable bonds is 7. The van der Waals surface area contributed by atoms with Gasteiger partial charge in [0.15, 0.2) is 0 Å². The van der Waals surface area contributed by atoms with Crippen LogP contribution in [0.1, 0.15) is 26.7 Å². The molecule has 0 bridgehead atoms. The first kappa shape index (κ1) is 11.9. The minimum absolute atomic E-state index is 0.142. The van der Waals surface area contributed by atoms with Gasteiger partial charge in [-0.1, -0.05) is 0 Å². The van der Waals surface area contributed by atoms with Crippen molar-refractivity contribution >= 4 is 0 Å². The number of aliphatic hydroxyl groups excluding tert-OH is 1. The van der Waals surface area contributed by atoms with Crippen LogP contribution < -0.4 is 5.32 Å². The van der Waals surface area contributed by atoms with Gasteiger partial charge in [0.2, 0.25) is 0 Å². The molecule has 0 fully saturated rings. The molecule has 2 N–H and O–H groups in total. The minimum Gasteiger partial charge on any atom is -0.394 e. The van der Waals surface area contributed by atoms with E-state index in [1.54, 1.807) is 0 Å². The fraction of sp³-hybridized carbons (Fsp3) is 1.00. The molecule has 0 spiro atoms. The zero-order chi connectivity index (χ0) is 9.45. The van der Waals surface area contributed by atoms with E-state index in [4.69, 9.17) is 9.84 Å². The molecule has 0 saturated heterocycles. The Bertz CT molecular complexity index is 103. The summed E-state index contributed by atoms with van der Waals surface area (Å²) in [7, 11) is 1.87. The topological polar surface area (TPSA) is 41.5 Å². The number of hydrogen-bond acceptors (Lipinski definition) is 3. The second kappa shape index (κ2) is 6.40. The molecule has 0 aliphatic heterocycles. The van der Waals surface area contributed by atoms with Gasteiger partial charge in [0.25, 0.3) is 0 Å². The molecule has 0 aliphatic carbocycles. The van der Waals surface area contributed by atoms with E-state index in [2.05, 4.69) is 5.32 Å². The Morgan fingerprint density at radius 2 is 2.17 bits per heavy atom. The lowest BCUT2D eigenvalue weighted by atomic mass is 9.97. The van der Waals surface area contributed by atoms with Crippen molar-refractivity contribution in [3.8, 4) is 0 Å². The average Bonchev–Trinajstić information content (AvgIpc) is 2.12. The highest BCUT2D eigenvalue weighted by atomic mass is 16.5. The van der Waals surface area contributed by atoms with Gasteiger partial charge in [-0.3, -0.25) is 0 Å². The summed E-state index contributed by atoms with van der Waals surface area (Å²) in [5.41, 5.74) is -0.142. The summed E-state index contributed by atoms with van der Waals surface area (Å²) in [6.45, 7) is 5.74. The predicted molar refractivity (Wildman–Crippen MR) is 50.3 cm³/mol. The number of hydrogen-bond donors (Lipinski definition) is 2. The van der Waals surface area contributed by atoms with E-state index in [9.17, 15) is 0 Å². The van der Waals surface area contributed by atoms with Crippen molar-refractivity contribution in [2.24, 2.45) is 0 Å². The fourth-order valence-electron chi connectivity index (χ4n) is 0.992. The number of nitrogens with one attached hydrogen (secondary N) is 1. The van der Waals surface area contributed by atoms with Crippen LogP contribution in [0, 0.1) is 0 Å². The molecule has 0 amide bonds. The normalized spacial score (nSPS) is 16.0. The Hall–Kier alpha value is -0.120. The zero-order valence-corrected chi connectivity index (χ0v) is 8.39. The van der Waals surface area contributed by atoms with E-state index in [1.165, 1.54) is 0 Å². The third kappa shape index (κ3) is 4.70. The lowest BCUT2D eigenvalue weighted by Crippen LogP contribution is -2.43. The molecule has 0 saturated carbocycles. The minimum atomic E-state index is -0.142. The summed E-state index contributed by atoms with van der Waals surface area (Å²) < 4.78 is 5.21. The van der Waals surface area contributed by atoms with E-state index in [0.29, 0.717) is 0 Å². The van der Waals surface area contributed by atoms with Crippen molar-refractivity contribution in [2.75, 3.05) is 26.9 Å². The maximum atomic E-state index is 9.04. The first-order valence-corrected chi connectivity index (χ1v) is 4.56. The lowest BCUT2D eigenvalue weighted by molar-refractivity contribution is 0.121. The molecule has 0 radical (unpaired) electrons. The van der Waals surface area contributed by atoms with Crippen molar-refractivity contribution in [1.82, 2.24) is 5.32 Å². The van der Waals surface area contributed by atoms with E-state index < -0.39 is 0 Å². The van der Waals surface area contributed by atoms with Gasteiger partial charge < -0.3 is 15.2 Å².